The molecule has 0 saturated carbocycles. The predicted molar refractivity (Wildman–Crippen MR) is 210 cm³/mol. The third kappa shape index (κ3) is 7.14. The van der Waals surface area contributed by atoms with Crippen molar-refractivity contribution in [3.63, 3.8) is 0 Å². The molecular weight excluding hydrogens is 813 g/mol. The maximum absolute atomic E-state index is 14.5. The average molecular weight is 844 g/mol. The van der Waals surface area contributed by atoms with E-state index in [4.69, 9.17) is 27.9 Å². The minimum Gasteiger partial charge on any atom is -0.490 e. The van der Waals surface area contributed by atoms with Crippen LogP contribution in [0.5, 0.6) is 28.7 Å². The molecular formula is C41H30Cl2F4O7P2. The van der Waals surface area contributed by atoms with Crippen molar-refractivity contribution in [2.24, 2.45) is 0 Å². The third-order valence-corrected chi connectivity index (χ3v) is 16.0. The zero-order valence-corrected chi connectivity index (χ0v) is 32.7. The number of ether oxygens (including phenoxy) is 5. The first kappa shape index (κ1) is 39.3. The highest BCUT2D eigenvalue weighted by molar-refractivity contribution is 7.86. The Hall–Kier alpha value is -4.92. The van der Waals surface area contributed by atoms with Gasteiger partial charge in [0.25, 0.3) is 0 Å². The minimum atomic E-state index is -3.89. The molecule has 0 fully saturated rings. The Morgan fingerprint density at radius 1 is 0.536 bits per heavy atom. The lowest BCUT2D eigenvalue weighted by Crippen LogP contribution is -2.27. The highest BCUT2D eigenvalue weighted by Gasteiger charge is 2.49. The molecule has 6 aromatic rings. The Kier molecular flexibility index (Phi) is 10.7. The van der Waals surface area contributed by atoms with Gasteiger partial charge in [0.15, 0.2) is 37.3 Å². The van der Waals surface area contributed by atoms with Crippen LogP contribution < -0.4 is 55.5 Å². The summed E-state index contributed by atoms with van der Waals surface area (Å²) in [6.07, 6.45) is -7.70. The molecule has 288 valence electrons. The van der Waals surface area contributed by atoms with Crippen LogP contribution in [-0.4, -0.2) is 19.2 Å². The number of rotatable bonds is 8. The van der Waals surface area contributed by atoms with Crippen LogP contribution in [-0.2, 0) is 9.13 Å². The normalized spacial score (nSPS) is 14.8. The molecule has 0 radical (unpaired) electrons. The van der Waals surface area contributed by atoms with E-state index in [0.717, 1.165) is 0 Å². The molecule has 0 aliphatic carbocycles. The molecule has 0 N–H and O–H groups in total. The fraction of sp³-hybridized carbons (Fsp3) is 0.122. The van der Waals surface area contributed by atoms with Gasteiger partial charge in [0.2, 0.25) is 5.75 Å². The van der Waals surface area contributed by atoms with Crippen molar-refractivity contribution >= 4 is 69.3 Å². The molecule has 0 amide bonds. The zero-order valence-electron chi connectivity index (χ0n) is 29.4. The van der Waals surface area contributed by atoms with Crippen molar-refractivity contribution < 1.29 is 50.4 Å². The molecule has 0 aromatic heterocycles. The lowest BCUT2D eigenvalue weighted by atomic mass is 10.2. The highest BCUT2D eigenvalue weighted by Crippen LogP contribution is 2.56. The summed E-state index contributed by atoms with van der Waals surface area (Å²) in [6, 6.07) is 38.0. The molecule has 56 heavy (non-hydrogen) atoms. The number of fused-ring (bicyclic) bond motifs is 2. The summed E-state index contributed by atoms with van der Waals surface area (Å²) < 4.78 is 108. The number of halogens is 6. The number of aryl methyl sites for hydroxylation is 1. The Bertz CT molecular complexity index is 2410. The Morgan fingerprint density at radius 3 is 1.23 bits per heavy atom. The van der Waals surface area contributed by atoms with Crippen molar-refractivity contribution in [2.75, 3.05) is 6.61 Å². The van der Waals surface area contributed by atoms with Gasteiger partial charge in [0, 0.05) is 31.8 Å². The lowest BCUT2D eigenvalue weighted by molar-refractivity contribution is -0.287. The van der Waals surface area contributed by atoms with Crippen LogP contribution >= 0.6 is 37.5 Å². The maximum atomic E-state index is 14.5. The maximum Gasteiger partial charge on any atom is 0.586 e. The van der Waals surface area contributed by atoms with Crippen molar-refractivity contribution in [3.05, 3.63) is 149 Å². The molecule has 0 spiro atoms. The lowest BCUT2D eigenvalue weighted by Gasteiger charge is -2.22. The van der Waals surface area contributed by atoms with Gasteiger partial charge in [0.05, 0.1) is 16.7 Å². The molecule has 0 unspecified atom stereocenters. The van der Waals surface area contributed by atoms with Gasteiger partial charge < -0.3 is 32.8 Å². The van der Waals surface area contributed by atoms with Gasteiger partial charge in [-0.1, -0.05) is 145 Å². The SMILES string of the molecule is CCOc1cc(P(=O)(c2ccccc2)c2ccccc2)c(Cl)c2c1OC(F)(F)O2.Cc1cc(P(=O)(c2ccccc2)c2ccccc2)c(Cl)c2c1OC(F)(F)O2. The monoisotopic (exact) mass is 842 g/mol. The van der Waals surface area contributed by atoms with Gasteiger partial charge in [-0.3, -0.25) is 0 Å². The van der Waals surface area contributed by atoms with Crippen LogP contribution in [0.3, 0.4) is 0 Å². The van der Waals surface area contributed by atoms with E-state index < -0.39 is 26.9 Å². The summed E-state index contributed by atoms with van der Waals surface area (Å²) in [4.78, 5) is 0. The van der Waals surface area contributed by atoms with E-state index in [1.54, 1.807) is 123 Å². The second-order valence-electron chi connectivity index (χ2n) is 12.4. The number of hydrogen-bond acceptors (Lipinski definition) is 7. The standard InChI is InChI=1S/C21H16ClF2O4P.C20H14ClF2O3P/c1-2-26-16-13-17(18(22)20-19(16)27-21(23,24)28-20)29(25,14-9-5-3-6-10-14)15-11-7-4-8-12-15;1-13-12-16(17(21)19-18(13)25-20(22,23)26-19)27(24,14-8-4-2-5-9-14)15-10-6-3-7-11-15/h3-13H,2H2,1H3;2-12H,1H3. The molecule has 15 heteroatoms. The van der Waals surface area contributed by atoms with Crippen LogP contribution in [0.2, 0.25) is 10.0 Å². The van der Waals surface area contributed by atoms with Gasteiger partial charge in [-0.05, 0) is 31.5 Å². The Balaban J connectivity index is 0.000000172. The van der Waals surface area contributed by atoms with Crippen LogP contribution in [0.4, 0.5) is 17.6 Å². The third-order valence-electron chi connectivity index (χ3n) is 8.80. The smallest absolute Gasteiger partial charge is 0.490 e. The van der Waals surface area contributed by atoms with Gasteiger partial charge >= 0.3 is 12.6 Å². The van der Waals surface area contributed by atoms with E-state index in [1.165, 1.54) is 12.1 Å². The second-order valence-corrected chi connectivity index (χ2v) is 18.6. The van der Waals surface area contributed by atoms with Gasteiger partial charge in [-0.2, -0.15) is 0 Å². The number of benzene rings is 6. The average Bonchev–Trinajstić information content (AvgIpc) is 3.74. The van der Waals surface area contributed by atoms with Crippen molar-refractivity contribution in [3.8, 4) is 28.7 Å². The van der Waals surface area contributed by atoms with E-state index in [2.05, 4.69) is 18.9 Å². The van der Waals surface area contributed by atoms with Crippen molar-refractivity contribution in [2.45, 2.75) is 26.4 Å². The van der Waals surface area contributed by atoms with E-state index in [9.17, 15) is 26.7 Å². The zero-order chi connectivity index (χ0) is 39.9. The molecule has 2 aliphatic heterocycles. The molecule has 0 saturated heterocycles. The summed E-state index contributed by atoms with van der Waals surface area (Å²) in [5, 5.41) is 2.13. The van der Waals surface area contributed by atoms with Gasteiger partial charge in [0.1, 0.15) is 0 Å². The fourth-order valence-electron chi connectivity index (χ4n) is 6.36. The summed E-state index contributed by atoms with van der Waals surface area (Å²) in [5.74, 6) is -1.13. The molecule has 0 atom stereocenters. The van der Waals surface area contributed by atoms with Crippen molar-refractivity contribution in [1.82, 2.24) is 0 Å². The largest absolute Gasteiger partial charge is 0.586 e. The first-order valence-electron chi connectivity index (χ1n) is 17.0. The predicted octanol–water partition coefficient (Wildman–Crippen LogP) is 9.31. The topological polar surface area (TPSA) is 80.3 Å². The second kappa shape index (κ2) is 15.2. The molecule has 8 rings (SSSR count). The first-order chi connectivity index (χ1) is 26.7. The molecule has 2 aliphatic rings. The van der Waals surface area contributed by atoms with E-state index in [0.29, 0.717) is 26.8 Å². The van der Waals surface area contributed by atoms with Crippen molar-refractivity contribution in [1.29, 1.82) is 0 Å². The first-order valence-corrected chi connectivity index (χ1v) is 21.1. The Labute approximate surface area is 329 Å². The van der Waals surface area contributed by atoms with E-state index >= 15 is 0 Å². The number of hydrogen-bond donors (Lipinski definition) is 0. The van der Waals surface area contributed by atoms with Crippen LogP contribution in [0.25, 0.3) is 0 Å². The van der Waals surface area contributed by atoms with Crippen LogP contribution in [0.15, 0.2) is 133 Å². The van der Waals surface area contributed by atoms with Crippen LogP contribution in [0, 0.1) is 6.92 Å². The Morgan fingerprint density at radius 2 is 0.857 bits per heavy atom. The minimum absolute atomic E-state index is 0.00818. The van der Waals surface area contributed by atoms with Crippen LogP contribution in [0.1, 0.15) is 12.5 Å². The molecule has 2 heterocycles. The van der Waals surface area contributed by atoms with E-state index in [1.807, 2.05) is 12.1 Å². The van der Waals surface area contributed by atoms with E-state index in [-0.39, 0.29) is 56.0 Å². The molecule has 0 bridgehead atoms. The number of alkyl halides is 4. The summed E-state index contributed by atoms with van der Waals surface area (Å²) in [7, 11) is -6.96. The van der Waals surface area contributed by atoms with Gasteiger partial charge in [-0.25, -0.2) is 0 Å². The fourth-order valence-corrected chi connectivity index (χ4v) is 12.9. The summed E-state index contributed by atoms with van der Waals surface area (Å²) in [5.41, 5.74) is 0.369. The molecule has 7 nitrogen and oxygen atoms in total. The summed E-state index contributed by atoms with van der Waals surface area (Å²) >= 11 is 12.9. The van der Waals surface area contributed by atoms with Gasteiger partial charge in [-0.15, -0.1) is 17.6 Å². The summed E-state index contributed by atoms with van der Waals surface area (Å²) in [6.45, 7) is 3.47. The molecule has 6 aromatic carbocycles. The highest BCUT2D eigenvalue weighted by atomic mass is 35.5. The quantitative estimate of drug-likeness (QED) is 0.112.